The van der Waals surface area contributed by atoms with Crippen molar-refractivity contribution in [1.82, 2.24) is 5.32 Å². The number of nitrogens with one attached hydrogen (secondary N) is 1. The van der Waals surface area contributed by atoms with Crippen molar-refractivity contribution in [2.75, 3.05) is 6.61 Å². The molecule has 1 aromatic heterocycles. The Morgan fingerprint density at radius 1 is 1.10 bits per heavy atom. The van der Waals surface area contributed by atoms with Gasteiger partial charge in [-0.25, -0.2) is 4.79 Å². The summed E-state index contributed by atoms with van der Waals surface area (Å²) < 4.78 is 10.3. The van der Waals surface area contributed by atoms with Crippen molar-refractivity contribution in [3.8, 4) is 0 Å². The molecule has 0 aliphatic heterocycles. The fourth-order valence-corrected chi connectivity index (χ4v) is 2.81. The van der Waals surface area contributed by atoms with Gasteiger partial charge in [-0.2, -0.15) is 0 Å². The second-order valence-corrected chi connectivity index (χ2v) is 6.08. The first-order valence-corrected chi connectivity index (χ1v) is 8.85. The van der Waals surface area contributed by atoms with Crippen molar-refractivity contribution >= 4 is 17.6 Å². The minimum absolute atomic E-state index is 0.0326. The fraction of sp³-hybridized carbons (Fsp3) is 0.143. The molecule has 0 saturated carbocycles. The highest BCUT2D eigenvalue weighted by Gasteiger charge is 2.23. The van der Waals surface area contributed by atoms with E-state index < -0.39 is 22.8 Å². The van der Waals surface area contributed by atoms with E-state index in [9.17, 15) is 19.7 Å². The molecule has 3 aromatic rings. The van der Waals surface area contributed by atoms with Gasteiger partial charge in [-0.05, 0) is 30.7 Å². The zero-order chi connectivity index (χ0) is 20.8. The zero-order valence-corrected chi connectivity index (χ0v) is 15.5. The molecule has 2 aromatic carbocycles. The van der Waals surface area contributed by atoms with E-state index in [0.717, 1.165) is 17.7 Å². The molecule has 148 valence electrons. The molecule has 1 amide bonds. The topological polar surface area (TPSA) is 112 Å². The van der Waals surface area contributed by atoms with Crippen LogP contribution in [0.25, 0.3) is 0 Å². The van der Waals surface area contributed by atoms with Gasteiger partial charge < -0.3 is 14.5 Å². The number of rotatable bonds is 7. The maximum Gasteiger partial charge on any atom is 0.338 e. The molecule has 0 aliphatic rings. The maximum absolute atomic E-state index is 12.9. The number of furan rings is 1. The average Bonchev–Trinajstić information content (AvgIpc) is 3.26. The predicted molar refractivity (Wildman–Crippen MR) is 104 cm³/mol. The fourth-order valence-electron chi connectivity index (χ4n) is 2.81. The number of hydrogen-bond acceptors (Lipinski definition) is 6. The molecule has 0 fully saturated rings. The van der Waals surface area contributed by atoms with Crippen LogP contribution < -0.4 is 5.32 Å². The van der Waals surface area contributed by atoms with Gasteiger partial charge in [0.2, 0.25) is 0 Å². The number of nitro benzene ring substituents is 1. The molecule has 1 N–H and O–H groups in total. The lowest BCUT2D eigenvalue weighted by Crippen LogP contribution is -2.29. The highest BCUT2D eigenvalue weighted by Crippen LogP contribution is 2.24. The van der Waals surface area contributed by atoms with Crippen molar-refractivity contribution in [2.45, 2.75) is 13.0 Å². The van der Waals surface area contributed by atoms with Crippen molar-refractivity contribution < 1.29 is 23.7 Å². The standard InChI is InChI=1S/C21H18N2O6/c1-2-28-21(25)16-11-15(12-17(13-16)23(26)27)20(24)22-19(18-9-6-10-29-18)14-7-4-3-5-8-14/h3-13,19H,2H2,1H3,(H,22,24). The van der Waals surface area contributed by atoms with Crippen molar-refractivity contribution in [3.05, 3.63) is 99.5 Å². The number of carbonyl (C=O) groups is 2. The van der Waals surface area contributed by atoms with Crippen LogP contribution in [0.2, 0.25) is 0 Å². The van der Waals surface area contributed by atoms with Crippen LogP contribution >= 0.6 is 0 Å². The van der Waals surface area contributed by atoms with Crippen molar-refractivity contribution in [2.24, 2.45) is 0 Å². The number of esters is 1. The second kappa shape index (κ2) is 8.83. The SMILES string of the molecule is CCOC(=O)c1cc(C(=O)NC(c2ccccc2)c2ccco2)cc([N+](=O)[O-])c1. The number of carbonyl (C=O) groups excluding carboxylic acids is 2. The highest BCUT2D eigenvalue weighted by molar-refractivity contribution is 5.99. The largest absolute Gasteiger partial charge is 0.467 e. The van der Waals surface area contributed by atoms with E-state index in [-0.39, 0.29) is 23.4 Å². The maximum atomic E-state index is 12.9. The van der Waals surface area contributed by atoms with E-state index in [1.807, 2.05) is 30.3 Å². The molecule has 1 atom stereocenters. The minimum Gasteiger partial charge on any atom is -0.467 e. The van der Waals surface area contributed by atoms with Gasteiger partial charge in [-0.1, -0.05) is 30.3 Å². The first kappa shape index (κ1) is 19.8. The number of nitrogens with zero attached hydrogens (tertiary/aromatic N) is 1. The minimum atomic E-state index is -0.740. The van der Waals surface area contributed by atoms with Gasteiger partial charge in [0.15, 0.2) is 0 Å². The highest BCUT2D eigenvalue weighted by atomic mass is 16.6. The zero-order valence-electron chi connectivity index (χ0n) is 15.5. The third-order valence-corrected chi connectivity index (χ3v) is 4.14. The van der Waals surface area contributed by atoms with Crippen LogP contribution in [0.5, 0.6) is 0 Å². The normalized spacial score (nSPS) is 11.5. The Morgan fingerprint density at radius 3 is 2.45 bits per heavy atom. The van der Waals surface area contributed by atoms with Crippen LogP contribution in [-0.4, -0.2) is 23.4 Å². The van der Waals surface area contributed by atoms with Crippen molar-refractivity contribution in [3.63, 3.8) is 0 Å². The molecule has 1 unspecified atom stereocenters. The van der Waals surface area contributed by atoms with Gasteiger partial charge in [-0.15, -0.1) is 0 Å². The molecule has 0 radical (unpaired) electrons. The number of hydrogen-bond donors (Lipinski definition) is 1. The third-order valence-electron chi connectivity index (χ3n) is 4.14. The lowest BCUT2D eigenvalue weighted by Gasteiger charge is -2.17. The summed E-state index contributed by atoms with van der Waals surface area (Å²) in [6, 6.07) is 15.4. The van der Waals surface area contributed by atoms with E-state index in [1.165, 1.54) is 12.3 Å². The van der Waals surface area contributed by atoms with E-state index in [4.69, 9.17) is 9.15 Å². The Labute approximate surface area is 166 Å². The Bertz CT molecular complexity index is 1010. The van der Waals surface area contributed by atoms with Gasteiger partial charge in [0.1, 0.15) is 11.8 Å². The van der Waals surface area contributed by atoms with Crippen LogP contribution in [0.3, 0.4) is 0 Å². The Kier molecular flexibility index (Phi) is 6.03. The second-order valence-electron chi connectivity index (χ2n) is 6.08. The molecule has 29 heavy (non-hydrogen) atoms. The molecule has 3 rings (SSSR count). The predicted octanol–water partition coefficient (Wildman–Crippen LogP) is 3.88. The number of non-ortho nitro benzene ring substituents is 1. The quantitative estimate of drug-likeness (QED) is 0.370. The first-order valence-electron chi connectivity index (χ1n) is 8.85. The number of benzene rings is 2. The van der Waals surface area contributed by atoms with Crippen LogP contribution in [0.4, 0.5) is 5.69 Å². The van der Waals surface area contributed by atoms with E-state index in [1.54, 1.807) is 19.1 Å². The Balaban J connectivity index is 1.96. The van der Waals surface area contributed by atoms with E-state index in [2.05, 4.69) is 5.32 Å². The molecule has 1 heterocycles. The van der Waals surface area contributed by atoms with Gasteiger partial charge in [0.25, 0.3) is 11.6 Å². The van der Waals surface area contributed by atoms with Gasteiger partial charge in [-0.3, -0.25) is 14.9 Å². The summed E-state index contributed by atoms with van der Waals surface area (Å²) in [7, 11) is 0. The summed E-state index contributed by atoms with van der Waals surface area (Å²) in [5.74, 6) is -0.832. The van der Waals surface area contributed by atoms with E-state index in [0.29, 0.717) is 5.76 Å². The molecule has 0 aliphatic carbocycles. The number of ether oxygens (including phenoxy) is 1. The Hall–Kier alpha value is -3.94. The average molecular weight is 394 g/mol. The molecular formula is C21H18N2O6. The summed E-state index contributed by atoms with van der Waals surface area (Å²) in [5.41, 5.74) is 0.289. The molecule has 0 saturated heterocycles. The van der Waals surface area contributed by atoms with Crippen LogP contribution in [0, 0.1) is 10.1 Å². The van der Waals surface area contributed by atoms with Gasteiger partial charge in [0.05, 0.1) is 23.4 Å². The summed E-state index contributed by atoms with van der Waals surface area (Å²) in [5, 5.41) is 14.1. The third kappa shape index (κ3) is 4.67. The summed E-state index contributed by atoms with van der Waals surface area (Å²) >= 11 is 0. The number of nitro groups is 1. The van der Waals surface area contributed by atoms with Crippen LogP contribution in [-0.2, 0) is 4.74 Å². The van der Waals surface area contributed by atoms with Gasteiger partial charge >= 0.3 is 5.97 Å². The molecule has 8 nitrogen and oxygen atoms in total. The lowest BCUT2D eigenvalue weighted by molar-refractivity contribution is -0.384. The van der Waals surface area contributed by atoms with Crippen LogP contribution in [0.1, 0.15) is 45.0 Å². The summed E-state index contributed by atoms with van der Waals surface area (Å²) in [6.07, 6.45) is 1.49. The summed E-state index contributed by atoms with van der Waals surface area (Å²) in [6.45, 7) is 1.73. The smallest absolute Gasteiger partial charge is 0.338 e. The summed E-state index contributed by atoms with van der Waals surface area (Å²) in [4.78, 5) is 35.5. The van der Waals surface area contributed by atoms with Gasteiger partial charge in [0, 0.05) is 17.7 Å². The molecular weight excluding hydrogens is 376 g/mol. The molecule has 0 spiro atoms. The van der Waals surface area contributed by atoms with Crippen molar-refractivity contribution in [1.29, 1.82) is 0 Å². The first-order chi connectivity index (χ1) is 14.0. The molecule has 0 bridgehead atoms. The molecule has 8 heteroatoms. The number of amides is 1. The Morgan fingerprint density at radius 2 is 1.83 bits per heavy atom. The monoisotopic (exact) mass is 394 g/mol. The van der Waals surface area contributed by atoms with Crippen LogP contribution in [0.15, 0.2) is 71.3 Å². The lowest BCUT2D eigenvalue weighted by atomic mass is 10.0. The van der Waals surface area contributed by atoms with E-state index >= 15 is 0 Å².